The molecule has 0 heterocycles. The highest BCUT2D eigenvalue weighted by atomic mass is 28.4. The highest BCUT2D eigenvalue weighted by molar-refractivity contribution is 6.59. The summed E-state index contributed by atoms with van der Waals surface area (Å²) < 4.78 is 25.9. The lowest BCUT2D eigenvalue weighted by molar-refractivity contribution is 0.0415. The molecule has 0 fully saturated rings. The Morgan fingerprint density at radius 2 is 1.21 bits per heavy atom. The van der Waals surface area contributed by atoms with Gasteiger partial charge < -0.3 is 22.8 Å². The minimum Gasteiger partial charge on any atom is -0.382 e. The first-order valence-electron chi connectivity index (χ1n) is 4.49. The zero-order valence-electron chi connectivity index (χ0n) is 9.37. The van der Waals surface area contributed by atoms with Gasteiger partial charge in [0.25, 0.3) is 0 Å². The van der Waals surface area contributed by atoms with Crippen LogP contribution in [0.15, 0.2) is 0 Å². The average Bonchev–Trinajstić information content (AvgIpc) is 2.19. The summed E-state index contributed by atoms with van der Waals surface area (Å²) in [6.45, 7) is 3.90. The minimum absolute atomic E-state index is 0.486. The molecule has 0 saturated carbocycles. The Balaban J connectivity index is 3.67. The van der Waals surface area contributed by atoms with Crippen molar-refractivity contribution in [3.8, 4) is 0 Å². The van der Waals surface area contributed by atoms with E-state index in [1.807, 2.05) is 6.55 Å². The van der Waals surface area contributed by atoms with Gasteiger partial charge in [-0.05, 0) is 0 Å². The van der Waals surface area contributed by atoms with Crippen molar-refractivity contribution in [3.05, 3.63) is 0 Å². The van der Waals surface area contributed by atoms with Crippen LogP contribution in [0.2, 0.25) is 6.55 Å². The predicted octanol–water partition coefficient (Wildman–Crippen LogP) is 0.528. The van der Waals surface area contributed by atoms with E-state index in [0.29, 0.717) is 26.4 Å². The van der Waals surface area contributed by atoms with Crippen LogP contribution >= 0.6 is 0 Å². The van der Waals surface area contributed by atoms with Crippen LogP contribution in [0, 0.1) is 0 Å². The molecule has 0 aromatic carbocycles. The Hall–Kier alpha value is 0.0169. The molecule has 0 aliphatic carbocycles. The molecular weight excluding hydrogens is 204 g/mol. The third kappa shape index (κ3) is 6.47. The Labute approximate surface area is 86.6 Å². The van der Waals surface area contributed by atoms with Crippen LogP contribution in [0.5, 0.6) is 0 Å². The normalized spacial score (nSPS) is 12.0. The number of hydrogen-bond donors (Lipinski definition) is 0. The van der Waals surface area contributed by atoms with E-state index in [1.165, 1.54) is 0 Å². The smallest absolute Gasteiger partial charge is 0.382 e. The zero-order valence-corrected chi connectivity index (χ0v) is 10.4. The van der Waals surface area contributed by atoms with Gasteiger partial charge in [0.15, 0.2) is 0 Å². The average molecular weight is 224 g/mol. The third-order valence-electron chi connectivity index (χ3n) is 1.67. The van der Waals surface area contributed by atoms with Gasteiger partial charge in [-0.3, -0.25) is 0 Å². The molecule has 0 saturated heterocycles. The van der Waals surface area contributed by atoms with Gasteiger partial charge in [-0.1, -0.05) is 0 Å². The van der Waals surface area contributed by atoms with E-state index in [1.54, 1.807) is 21.3 Å². The lowest BCUT2D eigenvalue weighted by Gasteiger charge is -2.23. The summed E-state index contributed by atoms with van der Waals surface area (Å²) >= 11 is 0. The lowest BCUT2D eigenvalue weighted by Crippen LogP contribution is -2.43. The van der Waals surface area contributed by atoms with Crippen molar-refractivity contribution < 1.29 is 22.8 Å². The molecular formula is C8H20O5Si. The molecule has 86 valence electrons. The van der Waals surface area contributed by atoms with Crippen molar-refractivity contribution in [2.24, 2.45) is 0 Å². The molecule has 0 spiro atoms. The molecule has 0 aliphatic rings. The summed E-state index contributed by atoms with van der Waals surface area (Å²) in [5.41, 5.74) is 0. The first-order chi connectivity index (χ1) is 6.68. The second-order valence-corrected chi connectivity index (χ2v) is 5.46. The van der Waals surface area contributed by atoms with Gasteiger partial charge in [-0.15, -0.1) is 0 Å². The van der Waals surface area contributed by atoms with Gasteiger partial charge in [-0.25, -0.2) is 0 Å². The molecule has 14 heavy (non-hydrogen) atoms. The molecule has 6 heteroatoms. The fourth-order valence-electron chi connectivity index (χ4n) is 0.780. The van der Waals surface area contributed by atoms with E-state index < -0.39 is 8.80 Å². The van der Waals surface area contributed by atoms with Gasteiger partial charge >= 0.3 is 8.80 Å². The maximum atomic E-state index is 5.48. The zero-order chi connectivity index (χ0) is 10.9. The van der Waals surface area contributed by atoms with E-state index in [4.69, 9.17) is 22.8 Å². The molecule has 0 N–H and O–H groups in total. The minimum atomic E-state index is -2.46. The van der Waals surface area contributed by atoms with Crippen molar-refractivity contribution in [1.29, 1.82) is 0 Å². The standard InChI is InChI=1S/C8H20O5Si/c1-9-5-7-12-14(4,11-3)13-8-6-10-2/h5-8H2,1-4H3. The predicted molar refractivity (Wildman–Crippen MR) is 54.3 cm³/mol. The summed E-state index contributed by atoms with van der Waals surface area (Å²) in [6.07, 6.45) is 0. The van der Waals surface area contributed by atoms with Gasteiger partial charge in [0, 0.05) is 27.9 Å². The van der Waals surface area contributed by atoms with Gasteiger partial charge in [0.2, 0.25) is 0 Å². The van der Waals surface area contributed by atoms with E-state index >= 15 is 0 Å². The maximum absolute atomic E-state index is 5.48. The number of methoxy groups -OCH3 is 2. The quantitative estimate of drug-likeness (QED) is 0.422. The number of ether oxygens (including phenoxy) is 2. The molecule has 0 aromatic rings. The van der Waals surface area contributed by atoms with Gasteiger partial charge in [0.1, 0.15) is 0 Å². The molecule has 0 rings (SSSR count). The molecule has 0 unspecified atom stereocenters. The van der Waals surface area contributed by atoms with Gasteiger partial charge in [-0.2, -0.15) is 0 Å². The second kappa shape index (κ2) is 8.34. The first kappa shape index (κ1) is 14.0. The fourth-order valence-corrected chi connectivity index (χ4v) is 2.01. The Kier molecular flexibility index (Phi) is 8.35. The topological polar surface area (TPSA) is 46.2 Å². The Bertz CT molecular complexity index is 123. The van der Waals surface area contributed by atoms with Crippen molar-refractivity contribution in [3.63, 3.8) is 0 Å². The van der Waals surface area contributed by atoms with Crippen molar-refractivity contribution in [2.75, 3.05) is 47.8 Å². The van der Waals surface area contributed by atoms with Gasteiger partial charge in [0.05, 0.1) is 26.4 Å². The summed E-state index contributed by atoms with van der Waals surface area (Å²) in [4.78, 5) is 0. The first-order valence-corrected chi connectivity index (χ1v) is 6.72. The van der Waals surface area contributed by atoms with Crippen molar-refractivity contribution in [2.45, 2.75) is 6.55 Å². The number of rotatable bonds is 9. The largest absolute Gasteiger partial charge is 0.497 e. The summed E-state index contributed by atoms with van der Waals surface area (Å²) in [6, 6.07) is 0. The molecule has 0 aromatic heterocycles. The van der Waals surface area contributed by atoms with Crippen LogP contribution in [0.4, 0.5) is 0 Å². The monoisotopic (exact) mass is 224 g/mol. The lowest BCUT2D eigenvalue weighted by atomic mass is 10.8. The highest BCUT2D eigenvalue weighted by Crippen LogP contribution is 2.07. The van der Waals surface area contributed by atoms with Crippen LogP contribution in [0.1, 0.15) is 0 Å². The van der Waals surface area contributed by atoms with Crippen LogP contribution in [-0.2, 0) is 22.8 Å². The molecule has 0 radical (unpaired) electrons. The van der Waals surface area contributed by atoms with E-state index in [-0.39, 0.29) is 0 Å². The molecule has 0 amide bonds. The number of hydrogen-bond acceptors (Lipinski definition) is 5. The molecule has 5 nitrogen and oxygen atoms in total. The SMILES string of the molecule is COCCO[Si](C)(OC)OCCOC. The second-order valence-electron chi connectivity index (χ2n) is 2.75. The highest BCUT2D eigenvalue weighted by Gasteiger charge is 2.33. The van der Waals surface area contributed by atoms with E-state index in [0.717, 1.165) is 0 Å². The van der Waals surface area contributed by atoms with E-state index in [9.17, 15) is 0 Å². The van der Waals surface area contributed by atoms with Crippen LogP contribution in [0.3, 0.4) is 0 Å². The summed E-state index contributed by atoms with van der Waals surface area (Å²) in [7, 11) is 2.38. The van der Waals surface area contributed by atoms with E-state index in [2.05, 4.69) is 0 Å². The van der Waals surface area contributed by atoms with Crippen molar-refractivity contribution >= 4 is 8.80 Å². The maximum Gasteiger partial charge on any atom is 0.497 e. The van der Waals surface area contributed by atoms with Crippen molar-refractivity contribution in [1.82, 2.24) is 0 Å². The van der Waals surface area contributed by atoms with Crippen LogP contribution in [0.25, 0.3) is 0 Å². The molecule has 0 atom stereocenters. The third-order valence-corrected chi connectivity index (χ3v) is 3.87. The Morgan fingerprint density at radius 1 is 0.786 bits per heavy atom. The van der Waals surface area contributed by atoms with Crippen LogP contribution in [-0.4, -0.2) is 56.6 Å². The molecule has 0 bridgehead atoms. The summed E-state index contributed by atoms with van der Waals surface area (Å²) in [5.74, 6) is 0. The fraction of sp³-hybridized carbons (Fsp3) is 1.00. The van der Waals surface area contributed by atoms with Crippen LogP contribution < -0.4 is 0 Å². The summed E-state index contributed by atoms with van der Waals surface area (Å²) in [5, 5.41) is 0. The Morgan fingerprint density at radius 3 is 1.50 bits per heavy atom. The molecule has 0 aliphatic heterocycles.